The highest BCUT2D eigenvalue weighted by Crippen LogP contribution is 2.22. The molecule has 0 aliphatic carbocycles. The fraction of sp³-hybridized carbons (Fsp3) is 0.647. The van der Waals surface area contributed by atoms with Gasteiger partial charge in [-0.05, 0) is 31.9 Å². The average Bonchev–Trinajstić information content (AvgIpc) is 2.61. The van der Waals surface area contributed by atoms with Gasteiger partial charge in [0.15, 0.2) is 0 Å². The quantitative estimate of drug-likeness (QED) is 0.843. The number of hydrogen-bond donors (Lipinski definition) is 0. The van der Waals surface area contributed by atoms with E-state index in [0.717, 1.165) is 45.6 Å². The van der Waals surface area contributed by atoms with E-state index in [1.54, 1.807) is 25.4 Å². The Morgan fingerprint density at radius 1 is 1.35 bits per heavy atom. The molecule has 0 bridgehead atoms. The molecule has 0 spiro atoms. The van der Waals surface area contributed by atoms with Crippen LogP contribution in [0.5, 0.6) is 5.88 Å². The molecule has 6 heteroatoms. The maximum Gasteiger partial charge on any atom is 0.259 e. The number of aromatic nitrogens is 1. The van der Waals surface area contributed by atoms with Crippen LogP contribution in [0.15, 0.2) is 18.3 Å². The fourth-order valence-electron chi connectivity index (χ4n) is 3.50. The van der Waals surface area contributed by atoms with Gasteiger partial charge in [0.05, 0.1) is 19.8 Å². The normalized spacial score (nSPS) is 23.7. The SMILES string of the molecule is COc1ncccc1C(=O)N1CCC(N2CCO[C@H](C)C2)CC1. The molecule has 126 valence electrons. The topological polar surface area (TPSA) is 54.9 Å². The summed E-state index contributed by atoms with van der Waals surface area (Å²) in [5.74, 6) is 0.422. The second-order valence-electron chi connectivity index (χ2n) is 6.26. The zero-order valence-corrected chi connectivity index (χ0v) is 13.9. The Hall–Kier alpha value is -1.66. The van der Waals surface area contributed by atoms with Crippen molar-refractivity contribution >= 4 is 5.91 Å². The lowest BCUT2D eigenvalue weighted by molar-refractivity contribution is -0.0423. The van der Waals surface area contributed by atoms with Crippen molar-refractivity contribution in [3.63, 3.8) is 0 Å². The second-order valence-corrected chi connectivity index (χ2v) is 6.26. The zero-order valence-electron chi connectivity index (χ0n) is 13.9. The van der Waals surface area contributed by atoms with Gasteiger partial charge in [-0.3, -0.25) is 9.69 Å². The first-order valence-corrected chi connectivity index (χ1v) is 8.33. The van der Waals surface area contributed by atoms with Crippen LogP contribution < -0.4 is 4.74 Å². The van der Waals surface area contributed by atoms with Crippen molar-refractivity contribution in [2.24, 2.45) is 0 Å². The van der Waals surface area contributed by atoms with E-state index >= 15 is 0 Å². The number of nitrogens with zero attached hydrogens (tertiary/aromatic N) is 3. The van der Waals surface area contributed by atoms with Gasteiger partial charge in [0.2, 0.25) is 5.88 Å². The van der Waals surface area contributed by atoms with Crippen LogP contribution in [0, 0.1) is 0 Å². The summed E-state index contributed by atoms with van der Waals surface area (Å²) in [6.45, 7) is 6.50. The maximum atomic E-state index is 12.7. The van der Waals surface area contributed by atoms with E-state index in [4.69, 9.17) is 9.47 Å². The fourth-order valence-corrected chi connectivity index (χ4v) is 3.50. The number of morpholine rings is 1. The van der Waals surface area contributed by atoms with Gasteiger partial charge in [-0.15, -0.1) is 0 Å². The van der Waals surface area contributed by atoms with E-state index in [1.165, 1.54) is 0 Å². The highest BCUT2D eigenvalue weighted by Gasteiger charge is 2.30. The number of carbonyl (C=O) groups excluding carboxylic acids is 1. The van der Waals surface area contributed by atoms with Gasteiger partial charge in [-0.2, -0.15) is 0 Å². The van der Waals surface area contributed by atoms with Gasteiger partial charge < -0.3 is 14.4 Å². The van der Waals surface area contributed by atoms with Crippen LogP contribution in [0.1, 0.15) is 30.1 Å². The van der Waals surface area contributed by atoms with E-state index in [-0.39, 0.29) is 5.91 Å². The Morgan fingerprint density at radius 3 is 2.83 bits per heavy atom. The largest absolute Gasteiger partial charge is 0.480 e. The summed E-state index contributed by atoms with van der Waals surface area (Å²) in [4.78, 5) is 21.2. The van der Waals surface area contributed by atoms with E-state index in [9.17, 15) is 4.79 Å². The Bertz CT molecular complexity index is 544. The molecule has 2 saturated heterocycles. The van der Waals surface area contributed by atoms with Crippen molar-refractivity contribution in [3.8, 4) is 5.88 Å². The van der Waals surface area contributed by atoms with Crippen LogP contribution in [0.3, 0.4) is 0 Å². The first-order valence-electron chi connectivity index (χ1n) is 8.33. The molecule has 0 radical (unpaired) electrons. The highest BCUT2D eigenvalue weighted by atomic mass is 16.5. The third-order valence-corrected chi connectivity index (χ3v) is 4.74. The molecule has 1 aromatic rings. The number of piperidine rings is 1. The number of amides is 1. The van der Waals surface area contributed by atoms with Crippen LogP contribution in [-0.2, 0) is 4.74 Å². The second kappa shape index (κ2) is 7.27. The number of ether oxygens (including phenoxy) is 2. The number of rotatable bonds is 3. The maximum absolute atomic E-state index is 12.7. The van der Waals surface area contributed by atoms with Crippen molar-refractivity contribution in [1.29, 1.82) is 0 Å². The molecule has 0 N–H and O–H groups in total. The minimum absolute atomic E-state index is 0.0174. The highest BCUT2D eigenvalue weighted by molar-refractivity contribution is 5.96. The van der Waals surface area contributed by atoms with Gasteiger partial charge in [0.1, 0.15) is 5.56 Å². The molecular weight excluding hydrogens is 294 g/mol. The van der Waals surface area contributed by atoms with Crippen molar-refractivity contribution in [2.45, 2.75) is 31.9 Å². The minimum Gasteiger partial charge on any atom is -0.480 e. The summed E-state index contributed by atoms with van der Waals surface area (Å²) in [5.41, 5.74) is 0.549. The lowest BCUT2D eigenvalue weighted by atomic mass is 10.0. The van der Waals surface area contributed by atoms with Crippen molar-refractivity contribution in [1.82, 2.24) is 14.8 Å². The number of pyridine rings is 1. The number of hydrogen-bond acceptors (Lipinski definition) is 5. The molecule has 0 unspecified atom stereocenters. The smallest absolute Gasteiger partial charge is 0.259 e. The van der Waals surface area contributed by atoms with Crippen LogP contribution in [0.4, 0.5) is 0 Å². The molecular formula is C17H25N3O3. The van der Waals surface area contributed by atoms with Gasteiger partial charge in [0, 0.05) is 38.4 Å². The van der Waals surface area contributed by atoms with Crippen LogP contribution in [0.2, 0.25) is 0 Å². The van der Waals surface area contributed by atoms with Gasteiger partial charge in [-0.25, -0.2) is 4.98 Å². The van der Waals surface area contributed by atoms with Crippen LogP contribution in [0.25, 0.3) is 0 Å². The molecule has 6 nitrogen and oxygen atoms in total. The number of carbonyl (C=O) groups is 1. The Labute approximate surface area is 137 Å². The van der Waals surface area contributed by atoms with Gasteiger partial charge >= 0.3 is 0 Å². The third-order valence-electron chi connectivity index (χ3n) is 4.74. The van der Waals surface area contributed by atoms with Crippen molar-refractivity contribution in [2.75, 3.05) is 39.9 Å². The molecule has 23 heavy (non-hydrogen) atoms. The molecule has 1 amide bonds. The Balaban J connectivity index is 1.59. The molecule has 0 saturated carbocycles. The Morgan fingerprint density at radius 2 is 2.13 bits per heavy atom. The summed E-state index contributed by atoms with van der Waals surface area (Å²) in [7, 11) is 1.55. The van der Waals surface area contributed by atoms with E-state index in [2.05, 4.69) is 16.8 Å². The van der Waals surface area contributed by atoms with Crippen molar-refractivity contribution in [3.05, 3.63) is 23.9 Å². The lowest BCUT2D eigenvalue weighted by Crippen LogP contribution is -2.51. The Kier molecular flexibility index (Phi) is 5.13. The average molecular weight is 319 g/mol. The molecule has 1 atom stereocenters. The predicted octanol–water partition coefficient (Wildman–Crippen LogP) is 1.42. The van der Waals surface area contributed by atoms with E-state index < -0.39 is 0 Å². The molecule has 3 rings (SSSR count). The predicted molar refractivity (Wildman–Crippen MR) is 86.7 cm³/mol. The lowest BCUT2D eigenvalue weighted by Gasteiger charge is -2.41. The van der Waals surface area contributed by atoms with Crippen LogP contribution >= 0.6 is 0 Å². The molecule has 1 aromatic heterocycles. The molecule has 2 fully saturated rings. The standard InChI is InChI=1S/C17H25N3O3/c1-13-12-20(10-11-23-13)14-5-8-19(9-6-14)17(21)15-4-3-7-18-16(15)22-2/h3-4,7,13-14H,5-6,8-12H2,1-2H3/t13-/m1/s1. The first kappa shape index (κ1) is 16.2. The summed E-state index contributed by atoms with van der Waals surface area (Å²) in [5, 5.41) is 0. The molecule has 3 heterocycles. The van der Waals surface area contributed by atoms with Crippen molar-refractivity contribution < 1.29 is 14.3 Å². The summed E-state index contributed by atoms with van der Waals surface area (Å²) < 4.78 is 10.8. The molecule has 0 aromatic carbocycles. The first-order chi connectivity index (χ1) is 11.2. The number of methoxy groups -OCH3 is 1. The number of likely N-dealkylation sites (tertiary alicyclic amines) is 1. The molecule has 2 aliphatic rings. The zero-order chi connectivity index (χ0) is 16.2. The summed E-state index contributed by atoms with van der Waals surface area (Å²) in [6, 6.07) is 4.11. The van der Waals surface area contributed by atoms with Gasteiger partial charge in [-0.1, -0.05) is 0 Å². The minimum atomic E-state index is 0.0174. The third kappa shape index (κ3) is 3.64. The summed E-state index contributed by atoms with van der Waals surface area (Å²) in [6.07, 6.45) is 3.98. The molecule has 2 aliphatic heterocycles. The van der Waals surface area contributed by atoms with E-state index in [1.807, 2.05) is 4.90 Å². The monoisotopic (exact) mass is 319 g/mol. The summed E-state index contributed by atoms with van der Waals surface area (Å²) >= 11 is 0. The van der Waals surface area contributed by atoms with Crippen LogP contribution in [-0.4, -0.2) is 72.7 Å². The van der Waals surface area contributed by atoms with E-state index in [0.29, 0.717) is 23.6 Å². The van der Waals surface area contributed by atoms with Gasteiger partial charge in [0.25, 0.3) is 5.91 Å².